The van der Waals surface area contributed by atoms with E-state index in [1.165, 1.54) is 6.07 Å². The summed E-state index contributed by atoms with van der Waals surface area (Å²) < 4.78 is 38.2. The SMILES string of the molecule is CCNc1cc(NCc2csc(=O)[nH]2)nc(C(F)(F)F)n1. The van der Waals surface area contributed by atoms with Gasteiger partial charge in [-0.25, -0.2) is 9.97 Å². The van der Waals surface area contributed by atoms with E-state index in [2.05, 4.69) is 25.6 Å². The van der Waals surface area contributed by atoms with Gasteiger partial charge in [-0.1, -0.05) is 11.3 Å². The number of rotatable bonds is 5. The van der Waals surface area contributed by atoms with Crippen molar-refractivity contribution in [2.45, 2.75) is 19.6 Å². The van der Waals surface area contributed by atoms with Crippen LogP contribution < -0.4 is 15.5 Å². The predicted octanol–water partition coefficient (Wildman–Crippen LogP) is 2.29. The monoisotopic (exact) mass is 319 g/mol. The van der Waals surface area contributed by atoms with Crippen molar-refractivity contribution in [2.24, 2.45) is 0 Å². The number of anilines is 2. The van der Waals surface area contributed by atoms with E-state index in [-0.39, 0.29) is 23.1 Å². The van der Waals surface area contributed by atoms with E-state index < -0.39 is 12.0 Å². The van der Waals surface area contributed by atoms with Gasteiger partial charge in [-0.3, -0.25) is 4.79 Å². The topological polar surface area (TPSA) is 82.7 Å². The molecule has 0 amide bonds. The van der Waals surface area contributed by atoms with Crippen LogP contribution in [0.5, 0.6) is 0 Å². The lowest BCUT2D eigenvalue weighted by molar-refractivity contribution is -0.144. The van der Waals surface area contributed by atoms with Gasteiger partial charge in [0.05, 0.1) is 6.54 Å². The molecule has 0 saturated carbocycles. The van der Waals surface area contributed by atoms with Gasteiger partial charge in [0.2, 0.25) is 5.82 Å². The lowest BCUT2D eigenvalue weighted by atomic mass is 10.4. The number of aromatic amines is 1. The first kappa shape index (κ1) is 15.3. The summed E-state index contributed by atoms with van der Waals surface area (Å²) in [6.45, 7) is 2.35. The Balaban J connectivity index is 2.21. The van der Waals surface area contributed by atoms with Crippen LogP contribution in [0.1, 0.15) is 18.4 Å². The molecule has 0 aliphatic rings. The zero-order valence-corrected chi connectivity index (χ0v) is 11.7. The summed E-state index contributed by atoms with van der Waals surface area (Å²) in [6.07, 6.45) is -4.63. The van der Waals surface area contributed by atoms with Gasteiger partial charge in [0, 0.05) is 23.7 Å². The minimum Gasteiger partial charge on any atom is -0.370 e. The van der Waals surface area contributed by atoms with Crippen LogP contribution in [-0.2, 0) is 12.7 Å². The van der Waals surface area contributed by atoms with E-state index in [1.54, 1.807) is 12.3 Å². The van der Waals surface area contributed by atoms with Crippen LogP contribution in [0, 0.1) is 0 Å². The zero-order valence-electron chi connectivity index (χ0n) is 10.9. The lowest BCUT2D eigenvalue weighted by Gasteiger charge is -2.11. The number of nitrogens with zero attached hydrogens (tertiary/aromatic N) is 2. The number of nitrogens with one attached hydrogen (secondary N) is 3. The lowest BCUT2D eigenvalue weighted by Crippen LogP contribution is -2.15. The highest BCUT2D eigenvalue weighted by molar-refractivity contribution is 7.07. The minimum atomic E-state index is -4.63. The predicted molar refractivity (Wildman–Crippen MR) is 73.5 cm³/mol. The summed E-state index contributed by atoms with van der Waals surface area (Å²) in [4.78, 5) is 20.1. The summed E-state index contributed by atoms with van der Waals surface area (Å²) in [7, 11) is 0. The van der Waals surface area contributed by atoms with E-state index in [0.29, 0.717) is 12.2 Å². The van der Waals surface area contributed by atoms with Crippen molar-refractivity contribution in [1.82, 2.24) is 15.0 Å². The second-order valence-electron chi connectivity index (χ2n) is 4.02. The molecule has 2 rings (SSSR count). The standard InChI is InChI=1S/C11H12F3N5OS/c1-2-15-7-3-8(19-9(18-7)11(12,13)14)16-4-6-5-21-10(20)17-6/h3,5H,2,4H2,1H3,(H,17,20)(H2,15,16,18,19). The minimum absolute atomic E-state index is 0.0281. The molecule has 0 fully saturated rings. The van der Waals surface area contributed by atoms with Crippen LogP contribution in [0.25, 0.3) is 0 Å². The molecule has 0 radical (unpaired) electrons. The maximum absolute atomic E-state index is 12.7. The Labute approximate surface area is 121 Å². The van der Waals surface area contributed by atoms with E-state index in [4.69, 9.17) is 0 Å². The van der Waals surface area contributed by atoms with Crippen molar-refractivity contribution < 1.29 is 13.2 Å². The Morgan fingerprint density at radius 1 is 1.29 bits per heavy atom. The number of alkyl halides is 3. The largest absolute Gasteiger partial charge is 0.451 e. The number of thiazole rings is 1. The Morgan fingerprint density at radius 2 is 1.95 bits per heavy atom. The van der Waals surface area contributed by atoms with E-state index in [0.717, 1.165) is 11.3 Å². The van der Waals surface area contributed by atoms with Gasteiger partial charge in [-0.2, -0.15) is 13.2 Å². The van der Waals surface area contributed by atoms with E-state index in [9.17, 15) is 18.0 Å². The second-order valence-corrected chi connectivity index (χ2v) is 4.86. The highest BCUT2D eigenvalue weighted by Gasteiger charge is 2.35. The molecule has 0 aliphatic carbocycles. The second kappa shape index (κ2) is 6.12. The Morgan fingerprint density at radius 3 is 2.48 bits per heavy atom. The van der Waals surface area contributed by atoms with Gasteiger partial charge in [0.1, 0.15) is 11.6 Å². The van der Waals surface area contributed by atoms with Crippen LogP contribution >= 0.6 is 11.3 Å². The molecule has 0 spiro atoms. The third-order valence-corrected chi connectivity index (χ3v) is 3.09. The molecule has 3 N–H and O–H groups in total. The molecule has 0 aromatic carbocycles. The van der Waals surface area contributed by atoms with Crippen LogP contribution in [-0.4, -0.2) is 21.5 Å². The fraction of sp³-hybridized carbons (Fsp3) is 0.364. The third kappa shape index (κ3) is 4.18. The molecule has 0 atom stereocenters. The van der Waals surface area contributed by atoms with E-state index >= 15 is 0 Å². The Hall–Kier alpha value is -2.10. The first-order valence-electron chi connectivity index (χ1n) is 5.99. The average molecular weight is 319 g/mol. The molecule has 0 saturated heterocycles. The molecule has 114 valence electrons. The van der Waals surface area contributed by atoms with Gasteiger partial charge in [-0.15, -0.1) is 0 Å². The molecule has 0 unspecified atom stereocenters. The summed E-state index contributed by atoms with van der Waals surface area (Å²) in [5.41, 5.74) is 0.571. The molecule has 2 heterocycles. The summed E-state index contributed by atoms with van der Waals surface area (Å²) in [6, 6.07) is 1.38. The Bertz CT molecular complexity index is 666. The molecule has 0 bridgehead atoms. The van der Waals surface area contributed by atoms with Gasteiger partial charge < -0.3 is 15.6 Å². The number of hydrogen-bond acceptors (Lipinski definition) is 6. The van der Waals surface area contributed by atoms with Gasteiger partial charge in [0.25, 0.3) is 0 Å². The Kier molecular flexibility index (Phi) is 4.46. The summed E-state index contributed by atoms with van der Waals surface area (Å²) in [5, 5.41) is 7.04. The highest BCUT2D eigenvalue weighted by Crippen LogP contribution is 2.28. The third-order valence-electron chi connectivity index (χ3n) is 2.37. The maximum atomic E-state index is 12.7. The zero-order chi connectivity index (χ0) is 15.5. The van der Waals surface area contributed by atoms with Crippen molar-refractivity contribution in [3.63, 3.8) is 0 Å². The molecule has 6 nitrogen and oxygen atoms in total. The van der Waals surface area contributed by atoms with Gasteiger partial charge in [0.15, 0.2) is 0 Å². The molecule has 2 aromatic rings. The van der Waals surface area contributed by atoms with Crippen molar-refractivity contribution in [3.8, 4) is 0 Å². The highest BCUT2D eigenvalue weighted by atomic mass is 32.1. The van der Waals surface area contributed by atoms with Crippen molar-refractivity contribution in [2.75, 3.05) is 17.2 Å². The molecular formula is C11H12F3N5OS. The average Bonchev–Trinajstić information content (AvgIpc) is 2.81. The van der Waals surface area contributed by atoms with Gasteiger partial charge >= 0.3 is 11.0 Å². The van der Waals surface area contributed by atoms with Crippen molar-refractivity contribution in [1.29, 1.82) is 0 Å². The fourth-order valence-electron chi connectivity index (χ4n) is 1.52. The normalized spacial score (nSPS) is 11.4. The van der Waals surface area contributed by atoms with Crippen molar-refractivity contribution in [3.05, 3.63) is 32.6 Å². The summed E-state index contributed by atoms with van der Waals surface area (Å²) in [5.74, 6) is -1.11. The fourth-order valence-corrected chi connectivity index (χ4v) is 2.10. The van der Waals surface area contributed by atoms with Crippen molar-refractivity contribution >= 4 is 23.0 Å². The number of halogens is 3. The van der Waals surface area contributed by atoms with Crippen LogP contribution in [0.2, 0.25) is 0 Å². The number of aromatic nitrogens is 3. The molecular weight excluding hydrogens is 307 g/mol. The molecule has 21 heavy (non-hydrogen) atoms. The number of H-pyrrole nitrogens is 1. The first-order valence-corrected chi connectivity index (χ1v) is 6.87. The number of hydrogen-bond donors (Lipinski definition) is 3. The summed E-state index contributed by atoms with van der Waals surface area (Å²) >= 11 is 0.982. The smallest absolute Gasteiger partial charge is 0.370 e. The van der Waals surface area contributed by atoms with Gasteiger partial charge in [-0.05, 0) is 6.92 Å². The van der Waals surface area contributed by atoms with Crippen LogP contribution in [0.15, 0.2) is 16.2 Å². The first-order chi connectivity index (χ1) is 9.88. The molecule has 10 heteroatoms. The van der Waals surface area contributed by atoms with Crippen LogP contribution in [0.4, 0.5) is 24.8 Å². The maximum Gasteiger partial charge on any atom is 0.451 e. The quantitative estimate of drug-likeness (QED) is 0.787. The van der Waals surface area contributed by atoms with E-state index in [1.807, 2.05) is 0 Å². The van der Waals surface area contributed by atoms with Crippen LogP contribution in [0.3, 0.4) is 0 Å². The molecule has 0 aliphatic heterocycles. The molecule has 2 aromatic heterocycles.